The van der Waals surface area contributed by atoms with Crippen LogP contribution >= 0.6 is 11.6 Å². The molecule has 0 aliphatic rings. The summed E-state index contributed by atoms with van der Waals surface area (Å²) >= 11 is 6.21. The second kappa shape index (κ2) is 8.17. The molecule has 3 aromatic rings. The van der Waals surface area contributed by atoms with Crippen molar-refractivity contribution in [2.45, 2.75) is 0 Å². The van der Waals surface area contributed by atoms with E-state index in [0.29, 0.717) is 21.9 Å². The van der Waals surface area contributed by atoms with Crippen molar-refractivity contribution in [3.05, 3.63) is 75.0 Å². The van der Waals surface area contributed by atoms with Crippen LogP contribution in [0.2, 0.25) is 5.02 Å². The van der Waals surface area contributed by atoms with Crippen molar-refractivity contribution in [1.29, 1.82) is 5.26 Å². The van der Waals surface area contributed by atoms with Crippen LogP contribution < -0.4 is 15.7 Å². The highest BCUT2D eigenvalue weighted by atomic mass is 35.5. The molecule has 0 bridgehead atoms. The molecule has 2 aromatic carbocycles. The first-order valence-corrected chi connectivity index (χ1v) is 8.23. The van der Waals surface area contributed by atoms with Gasteiger partial charge < -0.3 is 4.74 Å². The van der Waals surface area contributed by atoms with E-state index in [1.54, 1.807) is 42.5 Å². The van der Waals surface area contributed by atoms with Crippen molar-refractivity contribution in [3.63, 3.8) is 0 Å². The van der Waals surface area contributed by atoms with Crippen LogP contribution in [0.3, 0.4) is 0 Å². The van der Waals surface area contributed by atoms with Crippen LogP contribution in [0.4, 0.5) is 5.95 Å². The summed E-state index contributed by atoms with van der Waals surface area (Å²) in [6, 6.07) is 16.1. The van der Waals surface area contributed by atoms with Crippen LogP contribution in [0.15, 0.2) is 58.4 Å². The van der Waals surface area contributed by atoms with Crippen molar-refractivity contribution < 1.29 is 4.74 Å². The average Bonchev–Trinajstić information content (AvgIpc) is 2.69. The summed E-state index contributed by atoms with van der Waals surface area (Å²) in [4.78, 5) is 19.0. The van der Waals surface area contributed by atoms with Gasteiger partial charge in [-0.05, 0) is 6.07 Å². The van der Waals surface area contributed by atoms with Gasteiger partial charge >= 0.3 is 0 Å². The molecule has 3 rings (SSSR count). The zero-order valence-electron chi connectivity index (χ0n) is 14.2. The summed E-state index contributed by atoms with van der Waals surface area (Å²) < 4.78 is 5.15. The third kappa shape index (κ3) is 3.97. The monoisotopic (exact) mass is 379 g/mol. The van der Waals surface area contributed by atoms with Crippen LogP contribution in [0.25, 0.3) is 11.3 Å². The second-order valence-corrected chi connectivity index (χ2v) is 5.73. The zero-order valence-corrected chi connectivity index (χ0v) is 15.0. The van der Waals surface area contributed by atoms with Crippen LogP contribution in [-0.2, 0) is 0 Å². The molecule has 134 valence electrons. The Morgan fingerprint density at radius 3 is 2.74 bits per heavy atom. The fourth-order valence-corrected chi connectivity index (χ4v) is 2.63. The maximum Gasteiger partial charge on any atom is 0.270 e. The predicted molar refractivity (Wildman–Crippen MR) is 104 cm³/mol. The lowest BCUT2D eigenvalue weighted by atomic mass is 10.1. The van der Waals surface area contributed by atoms with Crippen LogP contribution in [0.1, 0.15) is 11.1 Å². The molecule has 1 aromatic heterocycles. The molecule has 0 unspecified atom stereocenters. The number of nitrogens with zero attached hydrogens (tertiary/aromatic N) is 3. The number of hydrogen-bond acceptors (Lipinski definition) is 6. The molecular formula is C19H14ClN5O2. The number of H-pyrrole nitrogens is 1. The van der Waals surface area contributed by atoms with E-state index in [-0.39, 0.29) is 17.2 Å². The number of nitrogens with one attached hydrogen (secondary N) is 2. The van der Waals surface area contributed by atoms with Crippen LogP contribution in [0, 0.1) is 11.3 Å². The van der Waals surface area contributed by atoms with E-state index in [1.165, 1.54) is 13.3 Å². The number of rotatable bonds is 5. The van der Waals surface area contributed by atoms with Gasteiger partial charge in [0.1, 0.15) is 17.4 Å². The zero-order chi connectivity index (χ0) is 19.2. The normalized spacial score (nSPS) is 10.6. The molecule has 1 heterocycles. The van der Waals surface area contributed by atoms with E-state index in [1.807, 2.05) is 12.1 Å². The SMILES string of the molecule is COc1cccc(C=NNc2nc(-c3ccccc3)c(C#N)c(=O)[nH]2)c1Cl. The Hall–Kier alpha value is -3.63. The maximum absolute atomic E-state index is 12.2. The number of aromatic nitrogens is 2. The van der Waals surface area contributed by atoms with E-state index in [0.717, 1.165) is 0 Å². The first-order valence-electron chi connectivity index (χ1n) is 7.85. The Morgan fingerprint density at radius 2 is 2.04 bits per heavy atom. The van der Waals surface area contributed by atoms with Gasteiger partial charge in [0.05, 0.1) is 24.0 Å². The van der Waals surface area contributed by atoms with E-state index in [2.05, 4.69) is 20.5 Å². The second-order valence-electron chi connectivity index (χ2n) is 5.35. The molecule has 0 atom stereocenters. The average molecular weight is 380 g/mol. The maximum atomic E-state index is 12.2. The third-order valence-corrected chi connectivity index (χ3v) is 4.07. The number of nitriles is 1. The summed E-state index contributed by atoms with van der Waals surface area (Å²) in [5.74, 6) is 0.630. The van der Waals surface area contributed by atoms with Gasteiger partial charge in [-0.2, -0.15) is 10.4 Å². The minimum absolute atomic E-state index is 0.0634. The molecule has 27 heavy (non-hydrogen) atoms. The third-order valence-electron chi connectivity index (χ3n) is 3.67. The van der Waals surface area contributed by atoms with E-state index < -0.39 is 5.56 Å². The number of aromatic amines is 1. The summed E-state index contributed by atoms with van der Waals surface area (Å²) in [6.45, 7) is 0. The summed E-state index contributed by atoms with van der Waals surface area (Å²) in [7, 11) is 1.52. The number of halogens is 1. The molecular weight excluding hydrogens is 366 g/mol. The topological polar surface area (TPSA) is 103 Å². The van der Waals surface area contributed by atoms with Gasteiger partial charge in [0.25, 0.3) is 5.56 Å². The molecule has 0 aliphatic carbocycles. The number of ether oxygens (including phenoxy) is 1. The Kier molecular flexibility index (Phi) is 5.50. The molecule has 7 nitrogen and oxygen atoms in total. The largest absolute Gasteiger partial charge is 0.495 e. The van der Waals surface area contributed by atoms with E-state index >= 15 is 0 Å². The Labute approximate surface area is 159 Å². The van der Waals surface area contributed by atoms with Crippen LogP contribution in [0.5, 0.6) is 5.75 Å². The number of anilines is 1. The molecule has 0 fully saturated rings. The Morgan fingerprint density at radius 1 is 1.26 bits per heavy atom. The van der Waals surface area contributed by atoms with Crippen molar-refractivity contribution in [3.8, 4) is 23.1 Å². The Bertz CT molecular complexity index is 1090. The molecule has 0 aliphatic heterocycles. The van der Waals surface area contributed by atoms with E-state index in [4.69, 9.17) is 16.3 Å². The number of hydrogen-bond donors (Lipinski definition) is 2. The van der Waals surface area contributed by atoms with Gasteiger partial charge in [-0.3, -0.25) is 9.78 Å². The minimum atomic E-state index is -0.552. The molecule has 0 saturated carbocycles. The van der Waals surface area contributed by atoms with E-state index in [9.17, 15) is 10.1 Å². The summed E-state index contributed by atoms with van der Waals surface area (Å²) in [5.41, 5.74) is 3.60. The van der Waals surface area contributed by atoms with Gasteiger partial charge in [0.2, 0.25) is 5.95 Å². The fourth-order valence-electron chi connectivity index (χ4n) is 2.38. The highest BCUT2D eigenvalue weighted by molar-refractivity contribution is 6.34. The molecule has 0 amide bonds. The van der Waals surface area contributed by atoms with Gasteiger partial charge in [-0.15, -0.1) is 0 Å². The van der Waals surface area contributed by atoms with Crippen molar-refractivity contribution in [2.75, 3.05) is 12.5 Å². The first-order chi connectivity index (χ1) is 13.1. The molecule has 2 N–H and O–H groups in total. The van der Waals surface area contributed by atoms with Crippen molar-refractivity contribution >= 4 is 23.8 Å². The lowest BCUT2D eigenvalue weighted by Crippen LogP contribution is -2.16. The highest BCUT2D eigenvalue weighted by Crippen LogP contribution is 2.26. The molecule has 8 heteroatoms. The van der Waals surface area contributed by atoms with Gasteiger partial charge in [0, 0.05) is 11.1 Å². The fraction of sp³-hybridized carbons (Fsp3) is 0.0526. The summed E-state index contributed by atoms with van der Waals surface area (Å²) in [6.07, 6.45) is 1.48. The molecule has 0 saturated heterocycles. The van der Waals surface area contributed by atoms with Gasteiger partial charge in [-0.1, -0.05) is 54.1 Å². The van der Waals surface area contributed by atoms with Crippen molar-refractivity contribution in [1.82, 2.24) is 9.97 Å². The number of hydrazone groups is 1. The van der Waals surface area contributed by atoms with Crippen molar-refractivity contribution in [2.24, 2.45) is 5.10 Å². The highest BCUT2D eigenvalue weighted by Gasteiger charge is 2.12. The molecule has 0 radical (unpaired) electrons. The lowest BCUT2D eigenvalue weighted by Gasteiger charge is -2.06. The molecule has 0 spiro atoms. The Balaban J connectivity index is 1.92. The van der Waals surface area contributed by atoms with Gasteiger partial charge in [0.15, 0.2) is 0 Å². The lowest BCUT2D eigenvalue weighted by molar-refractivity contribution is 0.415. The smallest absolute Gasteiger partial charge is 0.270 e. The predicted octanol–water partition coefficient (Wildman–Crippen LogP) is 3.42. The quantitative estimate of drug-likeness (QED) is 0.522. The van der Waals surface area contributed by atoms with Crippen LogP contribution in [-0.4, -0.2) is 23.3 Å². The summed E-state index contributed by atoms with van der Waals surface area (Å²) in [5, 5.41) is 13.7. The van der Waals surface area contributed by atoms with Gasteiger partial charge in [-0.25, -0.2) is 10.4 Å². The number of benzene rings is 2. The number of methoxy groups -OCH3 is 1. The standard InChI is InChI=1S/C19H14ClN5O2/c1-27-15-9-5-8-13(16(15)20)11-22-25-19-23-17(12-6-3-2-4-7-12)14(10-21)18(26)24-19/h2-9,11H,1H3,(H2,23,24,25,26). The first kappa shape index (κ1) is 18.2. The minimum Gasteiger partial charge on any atom is -0.495 e.